The number of benzene rings is 1. The quantitative estimate of drug-likeness (QED) is 0.829. The molecule has 1 aromatic carbocycles. The van der Waals surface area contributed by atoms with Crippen molar-refractivity contribution in [2.24, 2.45) is 0 Å². The molecule has 0 fully saturated rings. The highest BCUT2D eigenvalue weighted by molar-refractivity contribution is 9.10. The van der Waals surface area contributed by atoms with Crippen LogP contribution in [0.3, 0.4) is 0 Å². The van der Waals surface area contributed by atoms with Crippen LogP contribution in [-0.4, -0.2) is 13.1 Å². The number of anilines is 1. The third-order valence-corrected chi connectivity index (χ3v) is 4.93. The lowest BCUT2D eigenvalue weighted by molar-refractivity contribution is 0.0607. The second-order valence-corrected chi connectivity index (χ2v) is 5.74. The van der Waals surface area contributed by atoms with Crippen molar-refractivity contribution in [2.45, 2.75) is 0 Å². The summed E-state index contributed by atoms with van der Waals surface area (Å²) in [6, 6.07) is 7.33. The van der Waals surface area contributed by atoms with E-state index in [0.29, 0.717) is 20.1 Å². The first-order chi connectivity index (χ1) is 8.54. The maximum absolute atomic E-state index is 11.6. The Labute approximate surface area is 122 Å². The fraction of sp³-hybridized carbons (Fsp3) is 0.0833. The molecule has 0 aliphatic heterocycles. The minimum atomic E-state index is -0.432. The summed E-state index contributed by atoms with van der Waals surface area (Å²) in [5, 5.41) is 0.660. The van der Waals surface area contributed by atoms with E-state index in [4.69, 9.17) is 17.3 Å². The number of nitrogen functional groups attached to an aromatic ring is 1. The number of ether oxygens (including phenoxy) is 1. The van der Waals surface area contributed by atoms with Crippen molar-refractivity contribution in [1.29, 1.82) is 0 Å². The molecule has 0 spiro atoms. The van der Waals surface area contributed by atoms with Crippen molar-refractivity contribution in [3.05, 3.63) is 38.6 Å². The van der Waals surface area contributed by atoms with E-state index < -0.39 is 5.97 Å². The van der Waals surface area contributed by atoms with Gasteiger partial charge < -0.3 is 10.5 Å². The maximum Gasteiger partial charge on any atom is 0.350 e. The molecule has 6 heteroatoms. The van der Waals surface area contributed by atoms with E-state index in [1.54, 1.807) is 12.1 Å². The number of thiophene rings is 1. The zero-order valence-electron chi connectivity index (χ0n) is 9.37. The lowest BCUT2D eigenvalue weighted by atomic mass is 10.2. The molecule has 18 heavy (non-hydrogen) atoms. The van der Waals surface area contributed by atoms with Gasteiger partial charge in [0, 0.05) is 5.02 Å². The second kappa shape index (κ2) is 5.30. The molecule has 1 aromatic heterocycles. The molecule has 0 aliphatic rings. The summed E-state index contributed by atoms with van der Waals surface area (Å²) in [6.07, 6.45) is 0. The number of rotatable bonds is 2. The molecular formula is C12H9BrClNO2S. The fourth-order valence-corrected chi connectivity index (χ4v) is 3.42. The second-order valence-electron chi connectivity index (χ2n) is 3.49. The molecule has 0 unspecified atom stereocenters. The third-order valence-electron chi connectivity index (χ3n) is 2.36. The van der Waals surface area contributed by atoms with Crippen LogP contribution >= 0.6 is 38.9 Å². The molecule has 0 aliphatic carbocycles. The van der Waals surface area contributed by atoms with Crippen LogP contribution in [0.2, 0.25) is 5.02 Å². The number of nitrogens with two attached hydrogens (primary N) is 1. The lowest BCUT2D eigenvalue weighted by Gasteiger charge is -1.98. The molecule has 3 nitrogen and oxygen atoms in total. The Hall–Kier alpha value is -1.04. The number of hydrogen-bond acceptors (Lipinski definition) is 4. The molecule has 94 valence electrons. The summed E-state index contributed by atoms with van der Waals surface area (Å²) in [5.74, 6) is -0.432. The molecule has 0 radical (unpaired) electrons. The van der Waals surface area contributed by atoms with Crippen LogP contribution < -0.4 is 5.73 Å². The van der Waals surface area contributed by atoms with Crippen molar-refractivity contribution in [3.63, 3.8) is 0 Å². The van der Waals surface area contributed by atoms with Crippen LogP contribution in [0.15, 0.2) is 28.7 Å². The van der Waals surface area contributed by atoms with Gasteiger partial charge in [0.2, 0.25) is 0 Å². The number of hydrogen-bond donors (Lipinski definition) is 1. The van der Waals surface area contributed by atoms with Crippen LogP contribution in [0.25, 0.3) is 10.4 Å². The van der Waals surface area contributed by atoms with E-state index in [0.717, 1.165) is 10.4 Å². The molecule has 0 bridgehead atoms. The largest absolute Gasteiger partial charge is 0.465 e. The normalized spacial score (nSPS) is 10.4. The van der Waals surface area contributed by atoms with Crippen LogP contribution in [0.4, 0.5) is 5.69 Å². The summed E-state index contributed by atoms with van der Waals surface area (Å²) >= 11 is 10.5. The summed E-state index contributed by atoms with van der Waals surface area (Å²) in [4.78, 5) is 12.8. The Bertz CT molecular complexity index is 595. The predicted molar refractivity (Wildman–Crippen MR) is 78.2 cm³/mol. The topological polar surface area (TPSA) is 52.3 Å². The minimum Gasteiger partial charge on any atom is -0.465 e. The molecule has 0 amide bonds. The number of carbonyl (C=O) groups excluding carboxylic acids is 1. The van der Waals surface area contributed by atoms with E-state index in [9.17, 15) is 4.79 Å². The average Bonchev–Trinajstić information content (AvgIpc) is 2.67. The molecule has 1 heterocycles. The minimum absolute atomic E-state index is 0.398. The zero-order chi connectivity index (χ0) is 13.3. The van der Waals surface area contributed by atoms with Crippen molar-refractivity contribution >= 4 is 50.5 Å². The van der Waals surface area contributed by atoms with Gasteiger partial charge in [-0.05, 0) is 33.6 Å². The van der Waals surface area contributed by atoms with Gasteiger partial charge in [-0.1, -0.05) is 23.7 Å². The van der Waals surface area contributed by atoms with Crippen molar-refractivity contribution in [2.75, 3.05) is 12.8 Å². The summed E-state index contributed by atoms with van der Waals surface area (Å²) in [5.41, 5.74) is 7.23. The highest BCUT2D eigenvalue weighted by atomic mass is 79.9. The first kappa shape index (κ1) is 13.4. The van der Waals surface area contributed by atoms with Gasteiger partial charge in [-0.2, -0.15) is 0 Å². The Morgan fingerprint density at radius 3 is 2.56 bits per heavy atom. The van der Waals surface area contributed by atoms with Gasteiger partial charge in [-0.15, -0.1) is 11.3 Å². The van der Waals surface area contributed by atoms with E-state index in [1.807, 2.05) is 12.1 Å². The number of esters is 1. The number of methoxy groups -OCH3 is 1. The molecule has 0 saturated carbocycles. The van der Waals surface area contributed by atoms with Crippen molar-refractivity contribution < 1.29 is 9.53 Å². The van der Waals surface area contributed by atoms with Crippen LogP contribution in [0.5, 0.6) is 0 Å². The Morgan fingerprint density at radius 2 is 2.00 bits per heavy atom. The number of halogens is 2. The SMILES string of the molecule is COC(=O)c1sc(-c2ccc(Cl)cc2)c(Br)c1N. The molecule has 0 atom stereocenters. The lowest BCUT2D eigenvalue weighted by Crippen LogP contribution is -2.01. The maximum atomic E-state index is 11.6. The predicted octanol–water partition coefficient (Wildman–Crippen LogP) is 4.20. The Balaban J connectivity index is 2.52. The van der Waals surface area contributed by atoms with Gasteiger partial charge >= 0.3 is 5.97 Å². The molecule has 2 N–H and O–H groups in total. The fourth-order valence-electron chi connectivity index (χ4n) is 1.46. The van der Waals surface area contributed by atoms with Gasteiger partial charge in [0.25, 0.3) is 0 Å². The molecular weight excluding hydrogens is 338 g/mol. The summed E-state index contributed by atoms with van der Waals surface area (Å²) in [7, 11) is 1.33. The van der Waals surface area contributed by atoms with Gasteiger partial charge in [-0.25, -0.2) is 4.79 Å². The molecule has 2 rings (SSSR count). The van der Waals surface area contributed by atoms with E-state index >= 15 is 0 Å². The van der Waals surface area contributed by atoms with Gasteiger partial charge in [0.05, 0.1) is 22.1 Å². The number of carbonyl (C=O) groups is 1. The highest BCUT2D eigenvalue weighted by Gasteiger charge is 2.20. The van der Waals surface area contributed by atoms with Gasteiger partial charge in [-0.3, -0.25) is 0 Å². The van der Waals surface area contributed by atoms with E-state index in [1.165, 1.54) is 18.4 Å². The van der Waals surface area contributed by atoms with E-state index in [-0.39, 0.29) is 0 Å². The first-order valence-electron chi connectivity index (χ1n) is 4.96. The van der Waals surface area contributed by atoms with E-state index in [2.05, 4.69) is 20.7 Å². The highest BCUT2D eigenvalue weighted by Crippen LogP contribution is 2.42. The van der Waals surface area contributed by atoms with Crippen molar-refractivity contribution in [1.82, 2.24) is 0 Å². The van der Waals surface area contributed by atoms with Crippen molar-refractivity contribution in [3.8, 4) is 10.4 Å². The Kier molecular flexibility index (Phi) is 3.94. The standard InChI is InChI=1S/C12H9BrClNO2S/c1-17-12(16)11-9(15)8(13)10(18-11)6-2-4-7(14)5-3-6/h2-5H,15H2,1H3. The smallest absolute Gasteiger partial charge is 0.350 e. The summed E-state index contributed by atoms with van der Waals surface area (Å²) < 4.78 is 5.39. The van der Waals surface area contributed by atoms with Gasteiger partial charge in [0.15, 0.2) is 0 Å². The monoisotopic (exact) mass is 345 g/mol. The average molecular weight is 347 g/mol. The van der Waals surface area contributed by atoms with Gasteiger partial charge in [0.1, 0.15) is 4.88 Å². The summed E-state index contributed by atoms with van der Waals surface area (Å²) in [6.45, 7) is 0. The first-order valence-corrected chi connectivity index (χ1v) is 6.95. The third kappa shape index (κ3) is 2.39. The van der Waals surface area contributed by atoms with Crippen LogP contribution in [0, 0.1) is 0 Å². The Morgan fingerprint density at radius 1 is 1.39 bits per heavy atom. The molecule has 0 saturated heterocycles. The van der Waals surface area contributed by atoms with Crippen LogP contribution in [-0.2, 0) is 4.74 Å². The zero-order valence-corrected chi connectivity index (χ0v) is 12.5. The molecule has 2 aromatic rings. The van der Waals surface area contributed by atoms with Crippen LogP contribution in [0.1, 0.15) is 9.67 Å².